The number of hydrogen-bond donors (Lipinski definition) is 2. The number of amides is 3. The molecule has 1 aliphatic rings. The number of urea groups is 1. The van der Waals surface area contributed by atoms with Crippen molar-refractivity contribution in [1.82, 2.24) is 14.8 Å². The van der Waals surface area contributed by atoms with Crippen molar-refractivity contribution in [2.45, 2.75) is 63.4 Å². The van der Waals surface area contributed by atoms with Gasteiger partial charge in [-0.3, -0.25) is 9.69 Å². The SMILES string of the molecule is CCCCCN(C(=O)Nc1cc(C(N)=O)c(F)cc1Cl)C1CCN(Cc2ccc(Oc3ccc(S(C)(=O)=O)cc3C)nc2)CC1. The van der Waals surface area contributed by atoms with Crippen LogP contribution in [0.15, 0.2) is 53.6 Å². The van der Waals surface area contributed by atoms with Crippen molar-refractivity contribution in [3.05, 3.63) is 76.2 Å². The molecule has 0 bridgehead atoms. The Labute approximate surface area is 268 Å². The number of pyridine rings is 1. The number of aryl methyl sites for hydroxylation is 1. The molecule has 1 saturated heterocycles. The van der Waals surface area contributed by atoms with E-state index in [0.717, 1.165) is 56.8 Å². The molecule has 45 heavy (non-hydrogen) atoms. The first-order chi connectivity index (χ1) is 21.3. The number of piperidine rings is 1. The number of rotatable bonds is 12. The molecule has 0 aliphatic carbocycles. The Morgan fingerprint density at radius 3 is 2.49 bits per heavy atom. The number of primary amides is 1. The molecule has 3 aromatic rings. The maximum atomic E-state index is 14.1. The zero-order valence-electron chi connectivity index (χ0n) is 25.7. The van der Waals surface area contributed by atoms with E-state index in [1.165, 1.54) is 18.4 Å². The molecule has 242 valence electrons. The second-order valence-electron chi connectivity index (χ2n) is 11.3. The van der Waals surface area contributed by atoms with Gasteiger partial charge in [0.05, 0.1) is 21.2 Å². The van der Waals surface area contributed by atoms with E-state index < -0.39 is 21.6 Å². The highest BCUT2D eigenvalue weighted by Crippen LogP contribution is 2.28. The predicted octanol–water partition coefficient (Wildman–Crippen LogP) is 6.17. The number of sulfone groups is 1. The summed E-state index contributed by atoms with van der Waals surface area (Å²) in [4.78, 5) is 33.8. The third kappa shape index (κ3) is 9.15. The normalized spacial score (nSPS) is 14.2. The molecule has 10 nitrogen and oxygen atoms in total. The number of nitrogens with two attached hydrogens (primary N) is 1. The van der Waals surface area contributed by atoms with Crippen molar-refractivity contribution in [3.63, 3.8) is 0 Å². The van der Waals surface area contributed by atoms with Crippen LogP contribution in [0, 0.1) is 12.7 Å². The molecule has 4 rings (SSSR count). The predicted molar refractivity (Wildman–Crippen MR) is 172 cm³/mol. The van der Waals surface area contributed by atoms with Gasteiger partial charge >= 0.3 is 6.03 Å². The maximum absolute atomic E-state index is 14.1. The summed E-state index contributed by atoms with van der Waals surface area (Å²) >= 11 is 6.18. The van der Waals surface area contributed by atoms with Gasteiger partial charge in [0.15, 0.2) is 9.84 Å². The molecule has 3 N–H and O–H groups in total. The second-order valence-corrected chi connectivity index (χ2v) is 13.7. The van der Waals surface area contributed by atoms with Crippen molar-refractivity contribution in [2.75, 3.05) is 31.2 Å². The molecule has 2 heterocycles. The molecule has 0 atom stereocenters. The average Bonchev–Trinajstić information content (AvgIpc) is 2.98. The monoisotopic (exact) mass is 659 g/mol. The minimum atomic E-state index is -3.30. The van der Waals surface area contributed by atoms with E-state index >= 15 is 0 Å². The second kappa shape index (κ2) is 15.0. The number of aromatic nitrogens is 1. The van der Waals surface area contributed by atoms with Crippen LogP contribution >= 0.6 is 11.6 Å². The quantitative estimate of drug-likeness (QED) is 0.222. The molecule has 3 amide bonds. The van der Waals surface area contributed by atoms with Gasteiger partial charge < -0.3 is 20.7 Å². The first kappa shape index (κ1) is 34.1. The number of hydrogen-bond acceptors (Lipinski definition) is 7. The number of nitrogens with zero attached hydrogens (tertiary/aromatic N) is 3. The van der Waals surface area contributed by atoms with Gasteiger partial charge in [-0.2, -0.15) is 0 Å². The summed E-state index contributed by atoms with van der Waals surface area (Å²) in [6, 6.07) is 10.3. The van der Waals surface area contributed by atoms with Crippen LogP contribution in [0.4, 0.5) is 14.9 Å². The number of likely N-dealkylation sites (tertiary alicyclic amines) is 1. The van der Waals surface area contributed by atoms with Gasteiger partial charge in [-0.05, 0) is 67.6 Å². The summed E-state index contributed by atoms with van der Waals surface area (Å²) in [6.45, 7) is 6.68. The van der Waals surface area contributed by atoms with Crippen LogP contribution < -0.4 is 15.8 Å². The Hall–Kier alpha value is -3.74. The van der Waals surface area contributed by atoms with Crippen LogP contribution in [0.1, 0.15) is 60.5 Å². The molecule has 1 aromatic heterocycles. The van der Waals surface area contributed by atoms with Gasteiger partial charge in [0.25, 0.3) is 5.91 Å². The van der Waals surface area contributed by atoms with Crippen molar-refractivity contribution in [1.29, 1.82) is 0 Å². The summed E-state index contributed by atoms with van der Waals surface area (Å²) < 4.78 is 43.6. The van der Waals surface area contributed by atoms with Crippen LogP contribution in [-0.2, 0) is 16.4 Å². The Morgan fingerprint density at radius 2 is 1.89 bits per heavy atom. The summed E-state index contributed by atoms with van der Waals surface area (Å²) in [5.41, 5.74) is 6.78. The Kier molecular flexibility index (Phi) is 11.4. The Morgan fingerprint density at radius 1 is 1.16 bits per heavy atom. The van der Waals surface area contributed by atoms with E-state index in [9.17, 15) is 22.4 Å². The lowest BCUT2D eigenvalue weighted by Gasteiger charge is -2.38. The van der Waals surface area contributed by atoms with Crippen LogP contribution in [0.2, 0.25) is 5.02 Å². The minimum absolute atomic E-state index is 0.000773. The third-order valence-corrected chi connectivity index (χ3v) is 9.24. The van der Waals surface area contributed by atoms with E-state index in [2.05, 4.69) is 22.1 Å². The van der Waals surface area contributed by atoms with Crippen LogP contribution in [-0.4, -0.2) is 67.1 Å². The highest BCUT2D eigenvalue weighted by molar-refractivity contribution is 7.90. The van der Waals surface area contributed by atoms with Gasteiger partial charge in [0, 0.05) is 50.7 Å². The Balaban J connectivity index is 1.35. The van der Waals surface area contributed by atoms with Crippen molar-refractivity contribution in [2.24, 2.45) is 5.73 Å². The van der Waals surface area contributed by atoms with Crippen molar-refractivity contribution >= 4 is 39.1 Å². The van der Waals surface area contributed by atoms with Crippen LogP contribution in [0.5, 0.6) is 11.6 Å². The summed E-state index contributed by atoms with van der Waals surface area (Å²) in [6.07, 6.45) is 7.28. The summed E-state index contributed by atoms with van der Waals surface area (Å²) in [5.74, 6) is -0.843. The van der Waals surface area contributed by atoms with Gasteiger partial charge in [-0.15, -0.1) is 0 Å². The number of halogens is 2. The molecule has 13 heteroatoms. The van der Waals surface area contributed by atoms with Gasteiger partial charge in [-0.25, -0.2) is 22.6 Å². The summed E-state index contributed by atoms with van der Waals surface area (Å²) in [7, 11) is -3.30. The highest BCUT2D eigenvalue weighted by Gasteiger charge is 2.28. The first-order valence-corrected chi connectivity index (χ1v) is 17.1. The largest absolute Gasteiger partial charge is 0.439 e. The molecule has 0 unspecified atom stereocenters. The molecule has 1 fully saturated rings. The van der Waals surface area contributed by atoms with Gasteiger partial charge in [0.2, 0.25) is 5.88 Å². The van der Waals surface area contributed by atoms with E-state index in [1.54, 1.807) is 31.3 Å². The molecule has 1 aliphatic heterocycles. The summed E-state index contributed by atoms with van der Waals surface area (Å²) in [5, 5.41) is 2.75. The van der Waals surface area contributed by atoms with Crippen LogP contribution in [0.25, 0.3) is 0 Å². The standard InChI is InChI=1S/C32H39ClFN5O5S/c1-4-5-6-13-39(32(41)37-28-17-25(31(35)40)27(34)18-26(28)33)23-11-14-38(15-12-23)20-22-7-10-30(36-19-22)44-29-9-8-24(16-21(29)2)45(3,42)43/h7-10,16-19,23H,4-6,11-15,20H2,1-3H3,(H2,35,40)(H,37,41). The first-order valence-electron chi connectivity index (χ1n) is 14.9. The van der Waals surface area contributed by atoms with Crippen LogP contribution in [0.3, 0.4) is 0 Å². The lowest BCUT2D eigenvalue weighted by Crippen LogP contribution is -2.49. The number of carbonyl (C=O) groups excluding carboxylic acids is 2. The zero-order valence-corrected chi connectivity index (χ0v) is 27.3. The smallest absolute Gasteiger partial charge is 0.322 e. The Bertz CT molecular complexity index is 1630. The number of ether oxygens (including phenoxy) is 1. The van der Waals surface area contributed by atoms with E-state index in [0.29, 0.717) is 30.3 Å². The number of anilines is 1. The molecule has 0 radical (unpaired) electrons. The number of unbranched alkanes of at least 4 members (excludes halogenated alkanes) is 2. The topological polar surface area (TPSA) is 135 Å². The van der Waals surface area contributed by atoms with E-state index in [1.807, 2.05) is 11.0 Å². The lowest BCUT2D eigenvalue weighted by molar-refractivity contribution is 0.0996. The fraction of sp³-hybridized carbons (Fsp3) is 0.406. The third-order valence-electron chi connectivity index (χ3n) is 7.82. The highest BCUT2D eigenvalue weighted by atomic mass is 35.5. The van der Waals surface area contributed by atoms with Crippen molar-refractivity contribution in [3.8, 4) is 11.6 Å². The van der Waals surface area contributed by atoms with Gasteiger partial charge in [0.1, 0.15) is 11.6 Å². The van der Waals surface area contributed by atoms with E-state index in [4.69, 9.17) is 22.1 Å². The maximum Gasteiger partial charge on any atom is 0.322 e. The zero-order chi connectivity index (χ0) is 32.7. The average molecular weight is 660 g/mol. The molecular weight excluding hydrogens is 621 g/mol. The minimum Gasteiger partial charge on any atom is -0.439 e. The number of nitrogens with one attached hydrogen (secondary N) is 1. The molecular formula is C32H39ClFN5O5S. The fourth-order valence-electron chi connectivity index (χ4n) is 5.29. The fourth-order valence-corrected chi connectivity index (χ4v) is 6.20. The number of benzene rings is 2. The molecule has 0 spiro atoms. The van der Waals surface area contributed by atoms with E-state index in [-0.39, 0.29) is 33.2 Å². The molecule has 2 aromatic carbocycles. The van der Waals surface area contributed by atoms with Gasteiger partial charge in [-0.1, -0.05) is 37.4 Å². The number of carbonyl (C=O) groups is 2. The van der Waals surface area contributed by atoms with Crippen molar-refractivity contribution < 1.29 is 27.1 Å². The lowest BCUT2D eigenvalue weighted by atomic mass is 10.0. The molecule has 0 saturated carbocycles.